The largest absolute Gasteiger partial charge is 0.322 e. The van der Waals surface area contributed by atoms with Crippen molar-refractivity contribution in [3.8, 4) is 0 Å². The zero-order chi connectivity index (χ0) is 13.9. The van der Waals surface area contributed by atoms with Crippen LogP contribution < -0.4 is 5.32 Å². The number of carbonyl (C=O) groups excluding carboxylic acids is 1. The fourth-order valence-corrected chi connectivity index (χ4v) is 3.28. The summed E-state index contributed by atoms with van der Waals surface area (Å²) in [6.07, 6.45) is 1.94. The van der Waals surface area contributed by atoms with Crippen LogP contribution in [0.3, 0.4) is 0 Å². The predicted molar refractivity (Wildman–Crippen MR) is 78.4 cm³/mol. The van der Waals surface area contributed by atoms with Gasteiger partial charge in [-0.1, -0.05) is 12.1 Å². The molecule has 3 nitrogen and oxygen atoms in total. The van der Waals surface area contributed by atoms with Crippen LogP contribution in [0.5, 0.6) is 0 Å². The van der Waals surface area contributed by atoms with Crippen LogP contribution in [0.1, 0.15) is 24.4 Å². The molecular weight excluding hydrogens is 275 g/mol. The molecule has 1 aromatic heterocycles. The first kappa shape index (κ1) is 13.1. The van der Waals surface area contributed by atoms with Gasteiger partial charge in [0.15, 0.2) is 0 Å². The highest BCUT2D eigenvalue weighted by Gasteiger charge is 2.30. The summed E-state index contributed by atoms with van der Waals surface area (Å²) in [5.74, 6) is -0.410. The van der Waals surface area contributed by atoms with Crippen molar-refractivity contribution in [1.82, 2.24) is 4.90 Å². The monoisotopic (exact) mass is 290 g/mol. The number of thiophene rings is 1. The van der Waals surface area contributed by atoms with Gasteiger partial charge in [0, 0.05) is 6.54 Å². The average Bonchev–Trinajstić information content (AvgIpc) is 3.11. The highest BCUT2D eigenvalue weighted by Crippen LogP contribution is 2.33. The molecule has 0 saturated carbocycles. The molecule has 5 heteroatoms. The van der Waals surface area contributed by atoms with Gasteiger partial charge in [-0.2, -0.15) is 11.3 Å². The van der Waals surface area contributed by atoms with Gasteiger partial charge in [0.25, 0.3) is 0 Å². The SMILES string of the molecule is O=C(Nc1ccccc1F)N1CCCC1c1ccsc1. The Morgan fingerprint density at radius 3 is 2.95 bits per heavy atom. The van der Waals surface area contributed by atoms with Crippen LogP contribution in [-0.4, -0.2) is 17.5 Å². The van der Waals surface area contributed by atoms with Gasteiger partial charge in [-0.05, 0) is 47.4 Å². The maximum atomic E-state index is 13.6. The number of rotatable bonds is 2. The molecule has 0 bridgehead atoms. The van der Waals surface area contributed by atoms with E-state index in [1.165, 1.54) is 6.07 Å². The summed E-state index contributed by atoms with van der Waals surface area (Å²) in [6, 6.07) is 8.15. The molecule has 1 N–H and O–H groups in total. The summed E-state index contributed by atoms with van der Waals surface area (Å²) in [7, 11) is 0. The highest BCUT2D eigenvalue weighted by molar-refractivity contribution is 7.07. The van der Waals surface area contributed by atoms with Gasteiger partial charge in [0.1, 0.15) is 5.82 Å². The lowest BCUT2D eigenvalue weighted by atomic mass is 10.1. The second-order valence-electron chi connectivity index (χ2n) is 4.82. The van der Waals surface area contributed by atoms with Gasteiger partial charge in [-0.25, -0.2) is 9.18 Å². The molecule has 0 aliphatic carbocycles. The molecule has 0 spiro atoms. The van der Waals surface area contributed by atoms with Crippen LogP contribution in [0.2, 0.25) is 0 Å². The van der Waals surface area contributed by atoms with Crippen LogP contribution >= 0.6 is 11.3 Å². The Hall–Kier alpha value is -1.88. The molecule has 3 rings (SSSR count). The molecule has 20 heavy (non-hydrogen) atoms. The second kappa shape index (κ2) is 5.63. The Morgan fingerprint density at radius 2 is 2.20 bits per heavy atom. The van der Waals surface area contributed by atoms with Crippen LogP contribution in [-0.2, 0) is 0 Å². The van der Waals surface area contributed by atoms with E-state index in [1.807, 2.05) is 11.4 Å². The summed E-state index contributed by atoms with van der Waals surface area (Å²) in [6.45, 7) is 0.709. The third-order valence-corrected chi connectivity index (χ3v) is 4.26. The molecule has 104 valence electrons. The summed E-state index contributed by atoms with van der Waals surface area (Å²) >= 11 is 1.63. The van der Waals surface area contributed by atoms with Crippen molar-refractivity contribution in [2.75, 3.05) is 11.9 Å². The molecule has 2 aromatic rings. The number of hydrogen-bond acceptors (Lipinski definition) is 2. The van der Waals surface area contributed by atoms with Gasteiger partial charge in [-0.3, -0.25) is 0 Å². The highest BCUT2D eigenvalue weighted by atomic mass is 32.1. The quantitative estimate of drug-likeness (QED) is 0.880. The molecule has 0 radical (unpaired) electrons. The molecule has 2 amide bonds. The molecule has 1 unspecified atom stereocenters. The lowest BCUT2D eigenvalue weighted by Crippen LogP contribution is -2.34. The normalized spacial score (nSPS) is 18.2. The number of halogens is 1. The number of likely N-dealkylation sites (tertiary alicyclic amines) is 1. The molecule has 1 aromatic carbocycles. The van der Waals surface area contributed by atoms with Gasteiger partial charge in [0.2, 0.25) is 0 Å². The number of amides is 2. The van der Waals surface area contributed by atoms with Crippen molar-refractivity contribution in [3.63, 3.8) is 0 Å². The molecular formula is C15H15FN2OS. The van der Waals surface area contributed by atoms with E-state index in [9.17, 15) is 9.18 Å². The maximum Gasteiger partial charge on any atom is 0.322 e. The van der Waals surface area contributed by atoms with E-state index in [-0.39, 0.29) is 17.8 Å². The first-order valence-corrected chi connectivity index (χ1v) is 7.54. The number of urea groups is 1. The van der Waals surface area contributed by atoms with Crippen LogP contribution in [0.15, 0.2) is 41.1 Å². The van der Waals surface area contributed by atoms with Gasteiger partial charge >= 0.3 is 6.03 Å². The van der Waals surface area contributed by atoms with E-state index in [4.69, 9.17) is 0 Å². The Morgan fingerprint density at radius 1 is 1.35 bits per heavy atom. The average molecular weight is 290 g/mol. The van der Waals surface area contributed by atoms with Crippen LogP contribution in [0.25, 0.3) is 0 Å². The Balaban J connectivity index is 1.75. The second-order valence-corrected chi connectivity index (χ2v) is 5.60. The van der Waals surface area contributed by atoms with E-state index in [0.29, 0.717) is 6.54 Å². The zero-order valence-corrected chi connectivity index (χ0v) is 11.7. The first-order chi connectivity index (χ1) is 9.75. The lowest BCUT2D eigenvalue weighted by molar-refractivity contribution is 0.207. The smallest absolute Gasteiger partial charge is 0.317 e. The third kappa shape index (κ3) is 2.54. The van der Waals surface area contributed by atoms with E-state index in [2.05, 4.69) is 10.7 Å². The van der Waals surface area contributed by atoms with Gasteiger partial charge < -0.3 is 10.2 Å². The third-order valence-electron chi connectivity index (χ3n) is 3.56. The van der Waals surface area contributed by atoms with E-state index >= 15 is 0 Å². The first-order valence-electron chi connectivity index (χ1n) is 6.60. The maximum absolute atomic E-state index is 13.6. The number of hydrogen-bond donors (Lipinski definition) is 1. The minimum atomic E-state index is -0.410. The van der Waals surface area contributed by atoms with Crippen molar-refractivity contribution in [1.29, 1.82) is 0 Å². The van der Waals surface area contributed by atoms with Crippen molar-refractivity contribution >= 4 is 23.1 Å². The fourth-order valence-electron chi connectivity index (χ4n) is 2.57. The van der Waals surface area contributed by atoms with Crippen molar-refractivity contribution in [2.45, 2.75) is 18.9 Å². The number of para-hydroxylation sites is 1. The van der Waals surface area contributed by atoms with Gasteiger partial charge in [-0.15, -0.1) is 0 Å². The van der Waals surface area contributed by atoms with E-state index in [0.717, 1.165) is 18.4 Å². The summed E-state index contributed by atoms with van der Waals surface area (Å²) in [5.41, 5.74) is 1.39. The summed E-state index contributed by atoms with van der Waals surface area (Å²) in [4.78, 5) is 14.1. The minimum Gasteiger partial charge on any atom is -0.317 e. The Kier molecular flexibility index (Phi) is 3.69. The molecule has 1 atom stereocenters. The lowest BCUT2D eigenvalue weighted by Gasteiger charge is -2.24. The van der Waals surface area contributed by atoms with Crippen molar-refractivity contribution < 1.29 is 9.18 Å². The number of benzene rings is 1. The fraction of sp³-hybridized carbons (Fsp3) is 0.267. The number of nitrogens with zero attached hydrogens (tertiary/aromatic N) is 1. The minimum absolute atomic E-state index is 0.105. The number of nitrogens with one attached hydrogen (secondary N) is 1. The van der Waals surface area contributed by atoms with E-state index in [1.54, 1.807) is 34.4 Å². The molecule has 1 aliphatic rings. The zero-order valence-electron chi connectivity index (χ0n) is 10.9. The molecule has 2 heterocycles. The topological polar surface area (TPSA) is 32.3 Å². The van der Waals surface area contributed by atoms with Crippen LogP contribution in [0, 0.1) is 5.82 Å². The number of carbonyl (C=O) groups is 1. The molecule has 1 saturated heterocycles. The Bertz CT molecular complexity index is 600. The Labute approximate surface area is 121 Å². The summed E-state index contributed by atoms with van der Waals surface area (Å²) < 4.78 is 13.6. The predicted octanol–water partition coefficient (Wildman–Crippen LogP) is 4.26. The standard InChI is InChI=1S/C15H15FN2OS/c16-12-4-1-2-5-13(12)17-15(19)18-8-3-6-14(18)11-7-9-20-10-11/h1-2,4-5,7,9-10,14H,3,6,8H2,(H,17,19). The van der Waals surface area contributed by atoms with Crippen LogP contribution in [0.4, 0.5) is 14.9 Å². The number of anilines is 1. The molecule has 1 fully saturated rings. The summed E-state index contributed by atoms with van der Waals surface area (Å²) in [5, 5.41) is 6.74. The van der Waals surface area contributed by atoms with Gasteiger partial charge in [0.05, 0.1) is 11.7 Å². The van der Waals surface area contributed by atoms with Crippen molar-refractivity contribution in [2.24, 2.45) is 0 Å². The molecule has 1 aliphatic heterocycles. The van der Waals surface area contributed by atoms with Crippen molar-refractivity contribution in [3.05, 3.63) is 52.5 Å². The van der Waals surface area contributed by atoms with E-state index < -0.39 is 5.82 Å².